The Hall–Kier alpha value is -1.11. The Morgan fingerprint density at radius 1 is 1.67 bits per heavy atom. The van der Waals surface area contributed by atoms with E-state index in [0.29, 0.717) is 6.42 Å². The third-order valence-corrected chi connectivity index (χ3v) is 3.93. The second kappa shape index (κ2) is 4.87. The number of aliphatic hydroxyl groups is 1. The number of aromatic nitrogens is 2. The number of hydrogen-bond donors (Lipinski definition) is 2. The zero-order chi connectivity index (χ0) is 13.3. The third kappa shape index (κ3) is 2.11. The van der Waals surface area contributed by atoms with Crippen LogP contribution in [0.3, 0.4) is 0 Å². The summed E-state index contributed by atoms with van der Waals surface area (Å²) >= 11 is 5.85. The molecule has 0 radical (unpaired) electrons. The molecule has 7 heteroatoms. The minimum atomic E-state index is -0.832. The van der Waals surface area contributed by atoms with Gasteiger partial charge in [0.1, 0.15) is 11.8 Å². The number of halogens is 1. The average Bonchev–Trinajstić information content (AvgIpc) is 2.67. The lowest BCUT2D eigenvalue weighted by Crippen LogP contribution is -2.41. The van der Waals surface area contributed by atoms with Crippen molar-refractivity contribution in [3.05, 3.63) is 33.1 Å². The van der Waals surface area contributed by atoms with Gasteiger partial charge in [-0.25, -0.2) is 4.79 Å². The summed E-state index contributed by atoms with van der Waals surface area (Å²) in [5.74, 6) is 0.169. The predicted octanol–water partition coefficient (Wildman–Crippen LogP) is 0.0615. The number of nitrogens with zero attached hydrogens (tertiary/aromatic N) is 1. The van der Waals surface area contributed by atoms with Crippen molar-refractivity contribution < 1.29 is 9.84 Å². The summed E-state index contributed by atoms with van der Waals surface area (Å²) in [6.07, 6.45) is 1.43. The summed E-state index contributed by atoms with van der Waals surface area (Å²) in [6, 6.07) is 1.26. The fourth-order valence-electron chi connectivity index (χ4n) is 2.18. The number of alkyl halides is 1. The molecule has 1 aliphatic heterocycles. The number of hydrogen-bond acceptors (Lipinski definition) is 4. The van der Waals surface area contributed by atoms with Gasteiger partial charge in [0.05, 0.1) is 12.5 Å². The molecule has 0 unspecified atom stereocenters. The van der Waals surface area contributed by atoms with Gasteiger partial charge in [0.25, 0.3) is 5.56 Å². The van der Waals surface area contributed by atoms with Crippen LogP contribution in [0, 0.1) is 5.92 Å². The second-order valence-electron chi connectivity index (χ2n) is 4.58. The highest BCUT2D eigenvalue weighted by atomic mass is 35.5. The highest BCUT2D eigenvalue weighted by molar-refractivity contribution is 6.18. The smallest absolute Gasteiger partial charge is 0.330 e. The molecule has 6 nitrogen and oxygen atoms in total. The van der Waals surface area contributed by atoms with Gasteiger partial charge in [-0.1, -0.05) is 6.92 Å². The topological polar surface area (TPSA) is 84.3 Å². The van der Waals surface area contributed by atoms with Crippen LogP contribution in [-0.4, -0.2) is 32.7 Å². The molecule has 1 aromatic heterocycles. The molecule has 0 spiro atoms. The average molecular weight is 275 g/mol. The van der Waals surface area contributed by atoms with Gasteiger partial charge in [-0.2, -0.15) is 0 Å². The van der Waals surface area contributed by atoms with E-state index in [0.717, 1.165) is 0 Å². The minimum Gasteiger partial charge on any atom is -0.393 e. The normalized spacial score (nSPS) is 31.7. The quantitative estimate of drug-likeness (QED) is 0.764. The van der Waals surface area contributed by atoms with E-state index >= 15 is 0 Å². The molecule has 1 aliphatic rings. The minimum absolute atomic E-state index is 0.0174. The SMILES string of the molecule is C[C@H]1C[C@H](n2ccc(=O)[nH]c2=O)O[C@@]1(CO)CCl. The molecule has 0 amide bonds. The van der Waals surface area contributed by atoms with Gasteiger partial charge < -0.3 is 9.84 Å². The molecular weight excluding hydrogens is 260 g/mol. The first kappa shape index (κ1) is 13.3. The van der Waals surface area contributed by atoms with E-state index in [-0.39, 0.29) is 18.4 Å². The van der Waals surface area contributed by atoms with Crippen molar-refractivity contribution in [2.24, 2.45) is 5.92 Å². The van der Waals surface area contributed by atoms with E-state index < -0.39 is 23.1 Å². The van der Waals surface area contributed by atoms with Crippen LogP contribution in [0.5, 0.6) is 0 Å². The Morgan fingerprint density at radius 2 is 2.39 bits per heavy atom. The fraction of sp³-hybridized carbons (Fsp3) is 0.636. The molecule has 1 saturated heterocycles. The number of aromatic amines is 1. The van der Waals surface area contributed by atoms with Crippen LogP contribution in [0.25, 0.3) is 0 Å². The lowest BCUT2D eigenvalue weighted by molar-refractivity contribution is -0.0968. The number of nitrogens with one attached hydrogen (secondary N) is 1. The molecule has 3 atom stereocenters. The van der Waals surface area contributed by atoms with Crippen molar-refractivity contribution in [2.45, 2.75) is 25.2 Å². The Labute approximate surface area is 108 Å². The predicted molar refractivity (Wildman–Crippen MR) is 65.8 cm³/mol. The Morgan fingerprint density at radius 3 is 2.89 bits per heavy atom. The maximum atomic E-state index is 11.7. The number of aliphatic hydroxyl groups excluding tert-OH is 1. The summed E-state index contributed by atoms with van der Waals surface area (Å²) in [4.78, 5) is 24.8. The highest BCUT2D eigenvalue weighted by Crippen LogP contribution is 2.41. The molecule has 2 heterocycles. The number of ether oxygens (including phenoxy) is 1. The number of H-pyrrole nitrogens is 1. The van der Waals surface area contributed by atoms with Crippen LogP contribution in [0.2, 0.25) is 0 Å². The van der Waals surface area contributed by atoms with Gasteiger partial charge in [-0.15, -0.1) is 11.6 Å². The van der Waals surface area contributed by atoms with Crippen molar-refractivity contribution in [1.29, 1.82) is 0 Å². The van der Waals surface area contributed by atoms with Crippen molar-refractivity contribution in [1.82, 2.24) is 9.55 Å². The van der Waals surface area contributed by atoms with Gasteiger partial charge in [0.15, 0.2) is 0 Å². The molecule has 0 aliphatic carbocycles. The monoisotopic (exact) mass is 274 g/mol. The van der Waals surface area contributed by atoms with E-state index in [9.17, 15) is 14.7 Å². The molecule has 100 valence electrons. The van der Waals surface area contributed by atoms with Crippen LogP contribution in [0.15, 0.2) is 21.9 Å². The standard InChI is InChI=1S/C11H15ClN2O4/c1-7-4-9(18-11(7,5-12)6-15)14-3-2-8(16)13-10(14)17/h2-3,7,9,15H,4-6H2,1H3,(H,13,16,17)/t7-,9+,11+/m0/s1. The summed E-state index contributed by atoms with van der Waals surface area (Å²) in [5.41, 5.74) is -1.81. The Kier molecular flexibility index (Phi) is 3.61. The van der Waals surface area contributed by atoms with Crippen LogP contribution >= 0.6 is 11.6 Å². The molecule has 0 bridgehead atoms. The lowest BCUT2D eigenvalue weighted by atomic mass is 9.91. The molecule has 18 heavy (non-hydrogen) atoms. The zero-order valence-electron chi connectivity index (χ0n) is 9.93. The second-order valence-corrected chi connectivity index (χ2v) is 4.85. The van der Waals surface area contributed by atoms with Crippen LogP contribution < -0.4 is 11.2 Å². The van der Waals surface area contributed by atoms with E-state index in [2.05, 4.69) is 4.98 Å². The van der Waals surface area contributed by atoms with Crippen LogP contribution in [-0.2, 0) is 4.74 Å². The third-order valence-electron chi connectivity index (χ3n) is 3.48. The molecule has 2 N–H and O–H groups in total. The molecule has 1 aromatic rings. The van der Waals surface area contributed by atoms with Crippen molar-refractivity contribution in [3.8, 4) is 0 Å². The molecule has 1 fully saturated rings. The first-order valence-corrected chi connectivity index (χ1v) is 6.22. The highest BCUT2D eigenvalue weighted by Gasteiger charge is 2.46. The van der Waals surface area contributed by atoms with Crippen LogP contribution in [0.4, 0.5) is 0 Å². The molecule has 0 saturated carbocycles. The fourth-order valence-corrected chi connectivity index (χ4v) is 2.59. The Balaban J connectivity index is 2.32. The summed E-state index contributed by atoms with van der Waals surface area (Å²) in [5, 5.41) is 9.41. The maximum Gasteiger partial charge on any atom is 0.330 e. The van der Waals surface area contributed by atoms with Gasteiger partial charge in [0.2, 0.25) is 0 Å². The van der Waals surface area contributed by atoms with Crippen molar-refractivity contribution in [3.63, 3.8) is 0 Å². The molecule has 0 aromatic carbocycles. The van der Waals surface area contributed by atoms with Crippen LogP contribution in [0.1, 0.15) is 19.6 Å². The summed E-state index contributed by atoms with van der Waals surface area (Å²) in [7, 11) is 0. The first-order valence-electron chi connectivity index (χ1n) is 5.68. The van der Waals surface area contributed by atoms with E-state index in [1.807, 2.05) is 6.92 Å². The summed E-state index contributed by atoms with van der Waals surface area (Å²) in [6.45, 7) is 1.71. The van der Waals surface area contributed by atoms with Gasteiger partial charge in [0, 0.05) is 12.3 Å². The van der Waals surface area contributed by atoms with E-state index in [1.54, 1.807) is 0 Å². The molecule has 2 rings (SSSR count). The lowest BCUT2D eigenvalue weighted by Gasteiger charge is -2.28. The number of rotatable bonds is 3. The van der Waals surface area contributed by atoms with Crippen molar-refractivity contribution in [2.75, 3.05) is 12.5 Å². The zero-order valence-corrected chi connectivity index (χ0v) is 10.7. The van der Waals surface area contributed by atoms with Crippen molar-refractivity contribution >= 4 is 11.6 Å². The summed E-state index contributed by atoms with van der Waals surface area (Å²) < 4.78 is 7.03. The Bertz CT molecular complexity index is 534. The van der Waals surface area contributed by atoms with Gasteiger partial charge in [-0.3, -0.25) is 14.3 Å². The first-order chi connectivity index (χ1) is 8.52. The van der Waals surface area contributed by atoms with Gasteiger partial charge in [-0.05, 0) is 12.3 Å². The largest absolute Gasteiger partial charge is 0.393 e. The molecular formula is C11H15ClN2O4. The maximum absolute atomic E-state index is 11.7. The van der Waals surface area contributed by atoms with Gasteiger partial charge >= 0.3 is 5.69 Å². The van der Waals surface area contributed by atoms with E-state index in [1.165, 1.54) is 16.8 Å². The van der Waals surface area contributed by atoms with E-state index in [4.69, 9.17) is 16.3 Å².